The van der Waals surface area contributed by atoms with Crippen molar-refractivity contribution in [1.29, 1.82) is 0 Å². The fourth-order valence-electron chi connectivity index (χ4n) is 3.21. The van der Waals surface area contributed by atoms with Gasteiger partial charge in [-0.1, -0.05) is 18.5 Å². The number of nitrogens with one attached hydrogen (secondary N) is 3. The Hall–Kier alpha value is -2.05. The van der Waals surface area contributed by atoms with Gasteiger partial charge in [0, 0.05) is 29.2 Å². The standard InChI is InChI=1S/C17H21ClN4O2/c1-2-22-7-3-4-12(22)9-20-17(24)21-15-10-19-14-8-11(18)5-6-13(14)16(15)23/h5-6,8,10,12H,2-4,7,9H2,1H3,(H,19,23)(H2,20,21,24)/t12-/m1/s1. The first-order valence-electron chi connectivity index (χ1n) is 8.18. The van der Waals surface area contributed by atoms with Gasteiger partial charge in [0.25, 0.3) is 0 Å². The third kappa shape index (κ3) is 3.55. The highest BCUT2D eigenvalue weighted by Gasteiger charge is 2.23. The number of amides is 2. The van der Waals surface area contributed by atoms with E-state index < -0.39 is 0 Å². The molecule has 0 spiro atoms. The van der Waals surface area contributed by atoms with Gasteiger partial charge in [-0.05, 0) is 44.1 Å². The van der Waals surface area contributed by atoms with Gasteiger partial charge in [0.15, 0.2) is 0 Å². The largest absolute Gasteiger partial charge is 0.359 e. The quantitative estimate of drug-likeness (QED) is 0.795. The number of urea groups is 1. The lowest BCUT2D eigenvalue weighted by atomic mass is 10.2. The molecular formula is C17H21ClN4O2. The van der Waals surface area contributed by atoms with Gasteiger partial charge in [-0.25, -0.2) is 4.79 Å². The summed E-state index contributed by atoms with van der Waals surface area (Å²) in [5, 5.41) is 6.53. The van der Waals surface area contributed by atoms with Crippen LogP contribution >= 0.6 is 11.6 Å². The summed E-state index contributed by atoms with van der Waals surface area (Å²) < 4.78 is 0. The number of carbonyl (C=O) groups excluding carboxylic acids is 1. The molecule has 1 atom stereocenters. The van der Waals surface area contributed by atoms with E-state index in [-0.39, 0.29) is 17.1 Å². The molecule has 128 valence electrons. The molecular weight excluding hydrogens is 328 g/mol. The Morgan fingerprint density at radius 3 is 3.08 bits per heavy atom. The number of pyridine rings is 1. The highest BCUT2D eigenvalue weighted by atomic mass is 35.5. The molecule has 1 aliphatic heterocycles. The van der Waals surface area contributed by atoms with E-state index in [0.29, 0.717) is 28.5 Å². The van der Waals surface area contributed by atoms with Crippen LogP contribution in [0, 0.1) is 0 Å². The minimum Gasteiger partial charge on any atom is -0.359 e. The minimum absolute atomic E-state index is 0.223. The van der Waals surface area contributed by atoms with Crippen molar-refractivity contribution in [3.05, 3.63) is 39.6 Å². The summed E-state index contributed by atoms with van der Waals surface area (Å²) in [5.74, 6) is 0. The molecule has 3 N–H and O–H groups in total. The van der Waals surface area contributed by atoms with Gasteiger partial charge in [-0.2, -0.15) is 0 Å². The first kappa shape index (κ1) is 16.8. The average molecular weight is 349 g/mol. The van der Waals surface area contributed by atoms with Crippen molar-refractivity contribution in [2.24, 2.45) is 0 Å². The van der Waals surface area contributed by atoms with Crippen LogP contribution in [0.2, 0.25) is 5.02 Å². The van der Waals surface area contributed by atoms with E-state index in [1.807, 2.05) is 0 Å². The van der Waals surface area contributed by atoms with Crippen molar-refractivity contribution in [2.45, 2.75) is 25.8 Å². The maximum absolute atomic E-state index is 12.4. The zero-order valence-corrected chi connectivity index (χ0v) is 14.3. The number of fused-ring (bicyclic) bond motifs is 1. The van der Waals surface area contributed by atoms with Crippen LogP contribution in [0.5, 0.6) is 0 Å². The Bertz CT molecular complexity index is 805. The van der Waals surface area contributed by atoms with Gasteiger partial charge in [0.1, 0.15) is 5.69 Å². The van der Waals surface area contributed by atoms with Crippen LogP contribution in [0.3, 0.4) is 0 Å². The second-order valence-electron chi connectivity index (χ2n) is 5.98. The number of anilines is 1. The molecule has 0 saturated carbocycles. The third-order valence-electron chi connectivity index (χ3n) is 4.49. The number of rotatable bonds is 4. The minimum atomic E-state index is -0.364. The van der Waals surface area contributed by atoms with Crippen LogP contribution in [-0.4, -0.2) is 41.6 Å². The number of aromatic amines is 1. The van der Waals surface area contributed by atoms with Crippen LogP contribution in [0.1, 0.15) is 19.8 Å². The lowest BCUT2D eigenvalue weighted by molar-refractivity contribution is 0.238. The van der Waals surface area contributed by atoms with Crippen LogP contribution in [0.25, 0.3) is 10.9 Å². The molecule has 0 aliphatic carbocycles. The molecule has 0 bridgehead atoms. The number of H-pyrrole nitrogens is 1. The molecule has 2 amide bonds. The molecule has 0 unspecified atom stereocenters. The number of halogens is 1. The Labute approximate surface area is 145 Å². The molecule has 2 aromatic rings. The molecule has 1 fully saturated rings. The predicted octanol–water partition coefficient (Wildman–Crippen LogP) is 2.79. The molecule has 3 rings (SSSR count). The summed E-state index contributed by atoms with van der Waals surface area (Å²) in [6, 6.07) is 5.00. The number of hydrogen-bond donors (Lipinski definition) is 3. The summed E-state index contributed by atoms with van der Waals surface area (Å²) in [6.45, 7) is 4.78. The summed E-state index contributed by atoms with van der Waals surface area (Å²) in [6.07, 6.45) is 3.74. The predicted molar refractivity (Wildman–Crippen MR) is 96.9 cm³/mol. The second-order valence-corrected chi connectivity index (χ2v) is 6.42. The normalized spacial score (nSPS) is 18.0. The topological polar surface area (TPSA) is 77.2 Å². The molecule has 2 heterocycles. The number of likely N-dealkylation sites (tertiary alicyclic amines) is 1. The van der Waals surface area contributed by atoms with Crippen molar-refractivity contribution in [3.8, 4) is 0 Å². The van der Waals surface area contributed by atoms with Gasteiger partial charge in [0.05, 0.1) is 5.52 Å². The zero-order valence-electron chi connectivity index (χ0n) is 13.6. The molecule has 24 heavy (non-hydrogen) atoms. The van der Waals surface area contributed by atoms with Crippen LogP contribution in [-0.2, 0) is 0 Å². The summed E-state index contributed by atoms with van der Waals surface area (Å²) in [4.78, 5) is 29.9. The molecule has 1 saturated heterocycles. The van der Waals surface area contributed by atoms with E-state index in [4.69, 9.17) is 11.6 Å². The lowest BCUT2D eigenvalue weighted by Crippen LogP contribution is -2.41. The van der Waals surface area contributed by atoms with Crippen molar-refractivity contribution >= 4 is 34.2 Å². The monoisotopic (exact) mass is 348 g/mol. The van der Waals surface area contributed by atoms with Crippen LogP contribution in [0.15, 0.2) is 29.2 Å². The van der Waals surface area contributed by atoms with Crippen molar-refractivity contribution in [1.82, 2.24) is 15.2 Å². The summed E-state index contributed by atoms with van der Waals surface area (Å²) in [5.41, 5.74) is 0.635. The van der Waals surface area contributed by atoms with Gasteiger partial charge in [-0.3, -0.25) is 9.69 Å². The maximum atomic E-state index is 12.4. The number of nitrogens with zero attached hydrogens (tertiary/aromatic N) is 1. The highest BCUT2D eigenvalue weighted by Crippen LogP contribution is 2.17. The van der Waals surface area contributed by atoms with E-state index in [1.54, 1.807) is 18.2 Å². The van der Waals surface area contributed by atoms with Gasteiger partial charge >= 0.3 is 6.03 Å². The van der Waals surface area contributed by atoms with E-state index in [0.717, 1.165) is 25.9 Å². The fourth-order valence-corrected chi connectivity index (χ4v) is 3.38. The summed E-state index contributed by atoms with van der Waals surface area (Å²) in [7, 11) is 0. The zero-order chi connectivity index (χ0) is 17.1. The van der Waals surface area contributed by atoms with Crippen LogP contribution in [0.4, 0.5) is 10.5 Å². The first-order valence-corrected chi connectivity index (χ1v) is 8.56. The van der Waals surface area contributed by atoms with Gasteiger partial charge in [-0.15, -0.1) is 0 Å². The smallest absolute Gasteiger partial charge is 0.319 e. The Morgan fingerprint density at radius 1 is 1.46 bits per heavy atom. The van der Waals surface area contributed by atoms with Crippen molar-refractivity contribution in [2.75, 3.05) is 25.0 Å². The van der Waals surface area contributed by atoms with Crippen LogP contribution < -0.4 is 16.1 Å². The number of carbonyl (C=O) groups is 1. The highest BCUT2D eigenvalue weighted by molar-refractivity contribution is 6.31. The fraction of sp³-hybridized carbons (Fsp3) is 0.412. The third-order valence-corrected chi connectivity index (χ3v) is 4.73. The molecule has 0 radical (unpaired) electrons. The maximum Gasteiger partial charge on any atom is 0.319 e. The van der Waals surface area contributed by atoms with E-state index in [1.165, 1.54) is 6.20 Å². The van der Waals surface area contributed by atoms with E-state index in [2.05, 4.69) is 27.4 Å². The Balaban J connectivity index is 1.66. The molecule has 1 aromatic heterocycles. The number of hydrogen-bond acceptors (Lipinski definition) is 3. The second kappa shape index (κ2) is 7.23. The first-order chi connectivity index (χ1) is 11.6. The Kier molecular flexibility index (Phi) is 5.06. The van der Waals surface area contributed by atoms with Gasteiger partial charge in [0.2, 0.25) is 5.43 Å². The summed E-state index contributed by atoms with van der Waals surface area (Å²) >= 11 is 5.92. The van der Waals surface area contributed by atoms with Gasteiger partial charge < -0.3 is 15.6 Å². The molecule has 7 heteroatoms. The van der Waals surface area contributed by atoms with E-state index >= 15 is 0 Å². The van der Waals surface area contributed by atoms with Crippen molar-refractivity contribution < 1.29 is 4.79 Å². The number of aromatic nitrogens is 1. The number of likely N-dealkylation sites (N-methyl/N-ethyl adjacent to an activating group) is 1. The van der Waals surface area contributed by atoms with E-state index in [9.17, 15) is 9.59 Å². The van der Waals surface area contributed by atoms with Crippen molar-refractivity contribution in [3.63, 3.8) is 0 Å². The molecule has 1 aliphatic rings. The SMILES string of the molecule is CCN1CCC[C@@H]1CNC(=O)Nc1c[nH]c2cc(Cl)ccc2c1=O. The lowest BCUT2D eigenvalue weighted by Gasteiger charge is -2.22. The Morgan fingerprint density at radius 2 is 2.29 bits per heavy atom. The average Bonchev–Trinajstić information content (AvgIpc) is 3.03. The number of benzene rings is 1. The molecule has 1 aromatic carbocycles. The molecule has 6 nitrogen and oxygen atoms in total.